The molecule has 1 aliphatic rings. The Balaban J connectivity index is 1.68. The molecule has 0 N–H and O–H groups in total. The normalized spacial score (nSPS) is 17.9. The SMILES string of the molecule is O=C1c2ccccc2CCC1CSc1ccc(Br)cc1. The molecular formula is C17H15BrOS. The summed E-state index contributed by atoms with van der Waals surface area (Å²) in [5, 5.41) is 0. The predicted molar refractivity (Wildman–Crippen MR) is 87.4 cm³/mol. The minimum absolute atomic E-state index is 0.151. The molecule has 1 unspecified atom stereocenters. The van der Waals surface area contributed by atoms with E-state index in [1.165, 1.54) is 10.5 Å². The Morgan fingerprint density at radius 2 is 1.85 bits per heavy atom. The minimum Gasteiger partial charge on any atom is -0.294 e. The maximum Gasteiger partial charge on any atom is 0.167 e. The number of benzene rings is 2. The van der Waals surface area contributed by atoms with Crippen molar-refractivity contribution >= 4 is 33.5 Å². The lowest BCUT2D eigenvalue weighted by atomic mass is 9.84. The summed E-state index contributed by atoms with van der Waals surface area (Å²) in [5.41, 5.74) is 2.14. The summed E-state index contributed by atoms with van der Waals surface area (Å²) >= 11 is 5.21. The highest BCUT2D eigenvalue weighted by Gasteiger charge is 2.26. The van der Waals surface area contributed by atoms with E-state index in [0.29, 0.717) is 5.78 Å². The van der Waals surface area contributed by atoms with E-state index >= 15 is 0 Å². The molecule has 3 rings (SSSR count). The fourth-order valence-electron chi connectivity index (χ4n) is 2.55. The van der Waals surface area contributed by atoms with Crippen molar-refractivity contribution in [3.05, 3.63) is 64.1 Å². The summed E-state index contributed by atoms with van der Waals surface area (Å²) < 4.78 is 1.09. The number of thioether (sulfide) groups is 1. The van der Waals surface area contributed by atoms with Crippen molar-refractivity contribution in [2.24, 2.45) is 5.92 Å². The monoisotopic (exact) mass is 346 g/mol. The molecule has 0 saturated heterocycles. The van der Waals surface area contributed by atoms with E-state index in [0.717, 1.165) is 28.6 Å². The topological polar surface area (TPSA) is 17.1 Å². The largest absolute Gasteiger partial charge is 0.294 e. The first-order chi connectivity index (χ1) is 9.74. The van der Waals surface area contributed by atoms with Crippen LogP contribution in [0, 0.1) is 5.92 Å². The molecule has 0 fully saturated rings. The molecule has 0 spiro atoms. The highest BCUT2D eigenvalue weighted by Crippen LogP contribution is 2.30. The highest BCUT2D eigenvalue weighted by atomic mass is 79.9. The van der Waals surface area contributed by atoms with Crippen molar-refractivity contribution < 1.29 is 4.79 Å². The van der Waals surface area contributed by atoms with Gasteiger partial charge >= 0.3 is 0 Å². The molecule has 0 aromatic heterocycles. The number of ketones is 1. The number of rotatable bonds is 3. The van der Waals surface area contributed by atoms with Crippen LogP contribution in [0.1, 0.15) is 22.3 Å². The zero-order chi connectivity index (χ0) is 13.9. The quantitative estimate of drug-likeness (QED) is 0.728. The lowest BCUT2D eigenvalue weighted by Crippen LogP contribution is -2.24. The second kappa shape index (κ2) is 6.15. The Morgan fingerprint density at radius 1 is 1.10 bits per heavy atom. The van der Waals surface area contributed by atoms with Gasteiger partial charge in [-0.1, -0.05) is 40.2 Å². The first-order valence-electron chi connectivity index (χ1n) is 6.74. The Kier molecular flexibility index (Phi) is 4.27. The summed E-state index contributed by atoms with van der Waals surface area (Å²) in [6, 6.07) is 16.3. The van der Waals surface area contributed by atoms with Crippen LogP contribution in [0.15, 0.2) is 57.9 Å². The highest BCUT2D eigenvalue weighted by molar-refractivity contribution is 9.10. The zero-order valence-corrected chi connectivity index (χ0v) is 13.4. The van der Waals surface area contributed by atoms with Crippen LogP contribution < -0.4 is 0 Å². The third-order valence-electron chi connectivity index (χ3n) is 3.68. The van der Waals surface area contributed by atoms with Crippen molar-refractivity contribution in [2.75, 3.05) is 5.75 Å². The lowest BCUT2D eigenvalue weighted by Gasteiger charge is -2.22. The van der Waals surface area contributed by atoms with Crippen molar-refractivity contribution in [1.82, 2.24) is 0 Å². The van der Waals surface area contributed by atoms with E-state index in [4.69, 9.17) is 0 Å². The van der Waals surface area contributed by atoms with E-state index in [1.54, 1.807) is 11.8 Å². The van der Waals surface area contributed by atoms with Crippen molar-refractivity contribution in [1.29, 1.82) is 0 Å². The number of aryl methyl sites for hydroxylation is 1. The molecule has 1 nitrogen and oxygen atoms in total. The van der Waals surface area contributed by atoms with Crippen LogP contribution in [0.3, 0.4) is 0 Å². The summed E-state index contributed by atoms with van der Waals surface area (Å²) in [7, 11) is 0. The summed E-state index contributed by atoms with van der Waals surface area (Å²) in [4.78, 5) is 13.7. The van der Waals surface area contributed by atoms with Crippen LogP contribution in [0.5, 0.6) is 0 Å². The number of hydrogen-bond acceptors (Lipinski definition) is 2. The van der Waals surface area contributed by atoms with Crippen molar-refractivity contribution in [3.8, 4) is 0 Å². The van der Waals surface area contributed by atoms with Crippen LogP contribution >= 0.6 is 27.7 Å². The van der Waals surface area contributed by atoms with E-state index in [9.17, 15) is 4.79 Å². The van der Waals surface area contributed by atoms with E-state index in [2.05, 4.69) is 34.1 Å². The molecule has 102 valence electrons. The summed E-state index contributed by atoms with van der Waals surface area (Å²) in [6.45, 7) is 0. The fourth-order valence-corrected chi connectivity index (χ4v) is 3.85. The molecule has 0 saturated carbocycles. The average Bonchev–Trinajstić information content (AvgIpc) is 2.49. The lowest BCUT2D eigenvalue weighted by molar-refractivity contribution is 0.0917. The molecular weight excluding hydrogens is 332 g/mol. The van der Waals surface area contributed by atoms with E-state index in [-0.39, 0.29) is 5.92 Å². The van der Waals surface area contributed by atoms with Gasteiger partial charge < -0.3 is 0 Å². The number of hydrogen-bond donors (Lipinski definition) is 0. The average molecular weight is 347 g/mol. The smallest absolute Gasteiger partial charge is 0.167 e. The van der Waals surface area contributed by atoms with Gasteiger partial charge in [0.2, 0.25) is 0 Å². The molecule has 0 radical (unpaired) electrons. The van der Waals surface area contributed by atoms with Gasteiger partial charge in [0.15, 0.2) is 5.78 Å². The molecule has 0 heterocycles. The molecule has 1 atom stereocenters. The number of fused-ring (bicyclic) bond motifs is 1. The molecule has 0 aliphatic heterocycles. The Bertz CT molecular complexity index is 621. The molecule has 0 amide bonds. The van der Waals surface area contributed by atoms with Gasteiger partial charge in [-0.15, -0.1) is 11.8 Å². The maximum atomic E-state index is 12.5. The molecule has 2 aromatic rings. The van der Waals surface area contributed by atoms with Crippen LogP contribution in [-0.2, 0) is 6.42 Å². The number of halogens is 1. The van der Waals surface area contributed by atoms with E-state index in [1.807, 2.05) is 30.3 Å². The number of carbonyl (C=O) groups excluding carboxylic acids is 1. The van der Waals surface area contributed by atoms with Gasteiger partial charge in [0.25, 0.3) is 0 Å². The standard InChI is InChI=1S/C17H15BrOS/c18-14-7-9-15(10-8-14)20-11-13-6-5-12-3-1-2-4-16(12)17(13)19/h1-4,7-10,13H,5-6,11H2. The van der Waals surface area contributed by atoms with E-state index < -0.39 is 0 Å². The predicted octanol–water partition coefficient (Wildman–Crippen LogP) is 4.99. The van der Waals surface area contributed by atoms with Crippen LogP contribution in [-0.4, -0.2) is 11.5 Å². The van der Waals surface area contributed by atoms with Crippen molar-refractivity contribution in [3.63, 3.8) is 0 Å². The first-order valence-corrected chi connectivity index (χ1v) is 8.52. The maximum absolute atomic E-state index is 12.5. The molecule has 0 bridgehead atoms. The van der Waals surface area contributed by atoms with Gasteiger partial charge in [0, 0.05) is 26.6 Å². The molecule has 2 aromatic carbocycles. The number of Topliss-reactive ketones (excluding diaryl/α,β-unsaturated/α-hetero) is 1. The zero-order valence-electron chi connectivity index (χ0n) is 11.0. The second-order valence-electron chi connectivity index (χ2n) is 5.02. The third-order valence-corrected chi connectivity index (χ3v) is 5.38. The Labute approximate surface area is 131 Å². The van der Waals surface area contributed by atoms with Gasteiger partial charge in [0.1, 0.15) is 0 Å². The molecule has 1 aliphatic carbocycles. The van der Waals surface area contributed by atoms with Gasteiger partial charge in [0.05, 0.1) is 0 Å². The van der Waals surface area contributed by atoms with Crippen LogP contribution in [0.2, 0.25) is 0 Å². The molecule has 3 heteroatoms. The van der Waals surface area contributed by atoms with Crippen molar-refractivity contribution in [2.45, 2.75) is 17.7 Å². The minimum atomic E-state index is 0.151. The van der Waals surface area contributed by atoms with Gasteiger partial charge in [-0.25, -0.2) is 0 Å². The second-order valence-corrected chi connectivity index (χ2v) is 7.03. The van der Waals surface area contributed by atoms with Crippen LogP contribution in [0.25, 0.3) is 0 Å². The summed E-state index contributed by atoms with van der Waals surface area (Å²) in [6.07, 6.45) is 1.99. The third kappa shape index (κ3) is 2.99. The Hall–Kier alpha value is -1.06. The van der Waals surface area contributed by atoms with Gasteiger partial charge in [-0.2, -0.15) is 0 Å². The molecule has 20 heavy (non-hydrogen) atoms. The van der Waals surface area contributed by atoms with Gasteiger partial charge in [-0.3, -0.25) is 4.79 Å². The first kappa shape index (κ1) is 13.9. The van der Waals surface area contributed by atoms with Crippen LogP contribution in [0.4, 0.5) is 0 Å². The Morgan fingerprint density at radius 3 is 2.65 bits per heavy atom. The fraction of sp³-hybridized carbons (Fsp3) is 0.235. The number of carbonyl (C=O) groups is 1. The van der Waals surface area contributed by atoms with Gasteiger partial charge in [-0.05, 0) is 42.7 Å². The summed E-state index contributed by atoms with van der Waals surface area (Å²) in [5.74, 6) is 1.34.